The zero-order valence-corrected chi connectivity index (χ0v) is 18.6. The summed E-state index contributed by atoms with van der Waals surface area (Å²) < 4.78 is 18.6. The van der Waals surface area contributed by atoms with Gasteiger partial charge in [0.15, 0.2) is 0 Å². The van der Waals surface area contributed by atoms with Gasteiger partial charge < -0.3 is 14.5 Å². The Labute approximate surface area is 190 Å². The first kappa shape index (κ1) is 22.1. The molecule has 0 bridgehead atoms. The van der Waals surface area contributed by atoms with Crippen molar-refractivity contribution in [2.45, 2.75) is 13.0 Å². The third-order valence-corrected chi connectivity index (χ3v) is 5.82. The first-order chi connectivity index (χ1) is 15.5. The van der Waals surface area contributed by atoms with Crippen LogP contribution in [0.15, 0.2) is 48.9 Å². The number of ether oxygens (including phenoxy) is 1. The van der Waals surface area contributed by atoms with Gasteiger partial charge in [-0.05, 0) is 37.3 Å². The van der Waals surface area contributed by atoms with Crippen molar-refractivity contribution in [2.24, 2.45) is 0 Å². The minimum atomic E-state index is -0.461. The highest BCUT2D eigenvalue weighted by molar-refractivity contribution is 6.33. The van der Waals surface area contributed by atoms with E-state index in [1.54, 1.807) is 48.6 Å². The van der Waals surface area contributed by atoms with Crippen molar-refractivity contribution < 1.29 is 13.9 Å². The summed E-state index contributed by atoms with van der Waals surface area (Å²) in [5.41, 5.74) is 2.62. The smallest absolute Gasteiger partial charge is 0.251 e. The predicted octanol–water partition coefficient (Wildman–Crippen LogP) is 3.68. The Balaban J connectivity index is 1.65. The maximum Gasteiger partial charge on any atom is 0.251 e. The fraction of sp³-hybridized carbons (Fsp3) is 0.304. The molecule has 1 unspecified atom stereocenters. The van der Waals surface area contributed by atoms with Crippen molar-refractivity contribution in [1.29, 1.82) is 0 Å². The number of pyridine rings is 1. The Morgan fingerprint density at radius 1 is 1.09 bits per heavy atom. The van der Waals surface area contributed by atoms with Crippen LogP contribution < -0.4 is 4.90 Å². The van der Waals surface area contributed by atoms with E-state index in [1.807, 2.05) is 0 Å². The summed E-state index contributed by atoms with van der Waals surface area (Å²) in [7, 11) is 1.53. The third-order valence-electron chi connectivity index (χ3n) is 5.52. The Morgan fingerprint density at radius 3 is 2.47 bits per heavy atom. The highest BCUT2D eigenvalue weighted by atomic mass is 35.5. The summed E-state index contributed by atoms with van der Waals surface area (Å²) in [6.45, 7) is 4.13. The molecule has 1 aliphatic rings. The number of hydrogen-bond donors (Lipinski definition) is 0. The molecule has 3 heterocycles. The lowest BCUT2D eigenvalue weighted by Crippen LogP contribution is -2.51. The van der Waals surface area contributed by atoms with Gasteiger partial charge in [-0.2, -0.15) is 0 Å². The van der Waals surface area contributed by atoms with E-state index in [2.05, 4.69) is 14.9 Å². The normalized spacial score (nSPS) is 15.0. The van der Waals surface area contributed by atoms with Crippen LogP contribution in [0.25, 0.3) is 22.5 Å². The van der Waals surface area contributed by atoms with Gasteiger partial charge >= 0.3 is 0 Å². The molecule has 0 N–H and O–H groups in total. The highest BCUT2D eigenvalue weighted by Crippen LogP contribution is 2.34. The molecule has 1 fully saturated rings. The molecule has 1 aliphatic heterocycles. The van der Waals surface area contributed by atoms with E-state index in [4.69, 9.17) is 21.3 Å². The van der Waals surface area contributed by atoms with Gasteiger partial charge in [0.2, 0.25) is 0 Å². The van der Waals surface area contributed by atoms with E-state index in [9.17, 15) is 9.18 Å². The van der Waals surface area contributed by atoms with Crippen molar-refractivity contribution in [3.05, 3.63) is 59.8 Å². The fourth-order valence-electron chi connectivity index (χ4n) is 3.62. The number of piperazine rings is 1. The summed E-state index contributed by atoms with van der Waals surface area (Å²) in [5, 5.41) is 0.450. The second-order valence-electron chi connectivity index (χ2n) is 7.48. The Bertz CT molecular complexity index is 1100. The summed E-state index contributed by atoms with van der Waals surface area (Å²) in [6.07, 6.45) is 4.44. The average Bonchev–Trinajstić information content (AvgIpc) is 2.84. The molecular formula is C23H23ClFN5O2. The summed E-state index contributed by atoms with van der Waals surface area (Å²) in [4.78, 5) is 29.9. The molecule has 0 aliphatic carbocycles. The van der Waals surface area contributed by atoms with Crippen LogP contribution >= 0.6 is 11.6 Å². The number of rotatable bonds is 5. The van der Waals surface area contributed by atoms with Gasteiger partial charge in [0.25, 0.3) is 5.91 Å². The van der Waals surface area contributed by atoms with Crippen molar-refractivity contribution in [3.63, 3.8) is 0 Å². The van der Waals surface area contributed by atoms with Crippen molar-refractivity contribution in [3.8, 4) is 22.5 Å². The molecule has 0 spiro atoms. The summed E-state index contributed by atoms with van der Waals surface area (Å²) in [6, 6.07) is 7.89. The molecule has 0 saturated carbocycles. The number of amides is 1. The van der Waals surface area contributed by atoms with E-state index in [0.717, 1.165) is 5.56 Å². The lowest BCUT2D eigenvalue weighted by molar-refractivity contribution is -0.141. The molecule has 7 nitrogen and oxygen atoms in total. The molecule has 1 atom stereocenters. The highest BCUT2D eigenvalue weighted by Gasteiger charge is 2.26. The molecule has 1 saturated heterocycles. The Hall–Kier alpha value is -3.10. The number of hydrogen-bond acceptors (Lipinski definition) is 6. The van der Waals surface area contributed by atoms with Crippen LogP contribution in [-0.2, 0) is 9.53 Å². The van der Waals surface area contributed by atoms with E-state index in [1.165, 1.54) is 19.2 Å². The van der Waals surface area contributed by atoms with Gasteiger partial charge in [-0.3, -0.25) is 14.8 Å². The lowest BCUT2D eigenvalue weighted by atomic mass is 10.0. The monoisotopic (exact) mass is 455 g/mol. The van der Waals surface area contributed by atoms with Crippen LogP contribution in [0.4, 0.5) is 10.2 Å². The minimum Gasteiger partial charge on any atom is -0.372 e. The molecule has 166 valence electrons. The number of carbonyl (C=O) groups is 1. The lowest BCUT2D eigenvalue weighted by Gasteiger charge is -2.36. The SMILES string of the molecule is COC(C)C(=O)N1CCN(c2cnc(-c3ccc(F)cc3)c(-c3ccncc3Cl)n2)CC1. The van der Waals surface area contributed by atoms with Crippen LogP contribution in [0.1, 0.15) is 6.92 Å². The Morgan fingerprint density at radius 2 is 1.81 bits per heavy atom. The zero-order valence-electron chi connectivity index (χ0n) is 17.8. The van der Waals surface area contributed by atoms with Crippen LogP contribution in [-0.4, -0.2) is 65.2 Å². The summed E-state index contributed by atoms with van der Waals surface area (Å²) in [5.74, 6) is 0.344. The van der Waals surface area contributed by atoms with Crippen LogP contribution in [0.3, 0.4) is 0 Å². The minimum absolute atomic E-state index is 0.0193. The number of nitrogens with zero attached hydrogens (tertiary/aromatic N) is 5. The molecule has 4 rings (SSSR count). The largest absolute Gasteiger partial charge is 0.372 e. The standard InChI is InChI=1S/C23H23ClFN5O2/c1-15(32-2)23(31)30-11-9-29(10-12-30)20-14-27-21(16-3-5-17(25)6-4-16)22(28-20)18-7-8-26-13-19(18)24/h3-8,13-15H,9-12H2,1-2H3. The number of aromatic nitrogens is 3. The van der Waals surface area contributed by atoms with E-state index in [-0.39, 0.29) is 11.7 Å². The van der Waals surface area contributed by atoms with E-state index >= 15 is 0 Å². The molecule has 0 radical (unpaired) electrons. The molecule has 2 aromatic heterocycles. The average molecular weight is 456 g/mol. The first-order valence-corrected chi connectivity index (χ1v) is 10.6. The molecular weight excluding hydrogens is 433 g/mol. The second kappa shape index (κ2) is 9.58. The predicted molar refractivity (Wildman–Crippen MR) is 121 cm³/mol. The van der Waals surface area contributed by atoms with Gasteiger partial charge in [0.1, 0.15) is 23.4 Å². The van der Waals surface area contributed by atoms with E-state index < -0.39 is 6.10 Å². The molecule has 32 heavy (non-hydrogen) atoms. The zero-order chi connectivity index (χ0) is 22.7. The molecule has 1 aromatic carbocycles. The van der Waals surface area contributed by atoms with Gasteiger partial charge in [-0.25, -0.2) is 9.37 Å². The van der Waals surface area contributed by atoms with Crippen LogP contribution in [0.2, 0.25) is 5.02 Å². The van der Waals surface area contributed by atoms with Crippen molar-refractivity contribution in [2.75, 3.05) is 38.2 Å². The third kappa shape index (κ3) is 4.56. The van der Waals surface area contributed by atoms with Gasteiger partial charge in [-0.1, -0.05) is 11.6 Å². The molecule has 1 amide bonds. The number of benzene rings is 1. The molecule has 9 heteroatoms. The maximum absolute atomic E-state index is 13.5. The number of halogens is 2. The molecule has 3 aromatic rings. The van der Waals surface area contributed by atoms with E-state index in [0.29, 0.717) is 54.0 Å². The second-order valence-corrected chi connectivity index (χ2v) is 7.89. The van der Waals surface area contributed by atoms with Gasteiger partial charge in [0.05, 0.1) is 16.9 Å². The van der Waals surface area contributed by atoms with Gasteiger partial charge in [0, 0.05) is 56.8 Å². The van der Waals surface area contributed by atoms with Crippen molar-refractivity contribution >= 4 is 23.3 Å². The Kier molecular flexibility index (Phi) is 6.62. The van der Waals surface area contributed by atoms with Gasteiger partial charge in [-0.15, -0.1) is 0 Å². The first-order valence-electron chi connectivity index (χ1n) is 10.3. The van der Waals surface area contributed by atoms with Crippen molar-refractivity contribution in [1.82, 2.24) is 19.9 Å². The fourth-order valence-corrected chi connectivity index (χ4v) is 3.83. The number of methoxy groups -OCH3 is 1. The van der Waals surface area contributed by atoms with Crippen LogP contribution in [0.5, 0.6) is 0 Å². The summed E-state index contributed by atoms with van der Waals surface area (Å²) >= 11 is 6.42. The topological polar surface area (TPSA) is 71.5 Å². The maximum atomic E-state index is 13.5. The number of anilines is 1. The quantitative estimate of drug-likeness (QED) is 0.584. The number of carbonyl (C=O) groups excluding carboxylic acids is 1. The van der Waals surface area contributed by atoms with Crippen LogP contribution in [0, 0.1) is 5.82 Å².